The largest absolute Gasteiger partial charge is 0.481 e. The molecule has 0 aliphatic carbocycles. The lowest BCUT2D eigenvalue weighted by Crippen LogP contribution is -2.43. The first-order chi connectivity index (χ1) is 7.77. The van der Waals surface area contributed by atoms with Gasteiger partial charge in [-0.15, -0.1) is 0 Å². The summed E-state index contributed by atoms with van der Waals surface area (Å²) in [5.74, 6) is 1.69. The van der Waals surface area contributed by atoms with Crippen molar-refractivity contribution in [2.45, 2.75) is 6.42 Å². The zero-order chi connectivity index (χ0) is 11.4. The number of nitrogens with zero attached hydrogens (tertiary/aromatic N) is 1. The van der Waals surface area contributed by atoms with Crippen LogP contribution in [0.4, 0.5) is 0 Å². The van der Waals surface area contributed by atoms with E-state index in [2.05, 4.69) is 4.90 Å². The predicted molar refractivity (Wildman–Crippen MR) is 63.8 cm³/mol. The summed E-state index contributed by atoms with van der Waals surface area (Å²) in [4.78, 5) is 13.5. The molecule has 0 saturated carbocycles. The van der Waals surface area contributed by atoms with Crippen molar-refractivity contribution >= 4 is 17.7 Å². The Morgan fingerprint density at radius 1 is 1.50 bits per heavy atom. The summed E-state index contributed by atoms with van der Waals surface area (Å²) in [6.45, 7) is 3.94. The van der Waals surface area contributed by atoms with Gasteiger partial charge in [-0.2, -0.15) is 11.8 Å². The fourth-order valence-electron chi connectivity index (χ4n) is 2.36. The minimum Gasteiger partial charge on any atom is -0.481 e. The van der Waals surface area contributed by atoms with Crippen LogP contribution in [0.25, 0.3) is 0 Å². The molecule has 2 saturated heterocycles. The zero-order valence-electron chi connectivity index (χ0n) is 9.43. The molecule has 2 aliphatic heterocycles. The number of morpholine rings is 1. The maximum atomic E-state index is 11.3. The zero-order valence-corrected chi connectivity index (χ0v) is 10.2. The number of aliphatic carboxylic acids is 1. The van der Waals surface area contributed by atoms with E-state index in [-0.39, 0.29) is 5.92 Å². The molecule has 0 bridgehead atoms. The molecule has 1 N–H and O–H groups in total. The fourth-order valence-corrected chi connectivity index (χ4v) is 3.70. The highest BCUT2D eigenvalue weighted by atomic mass is 32.2. The second-order valence-electron chi connectivity index (χ2n) is 4.48. The maximum Gasteiger partial charge on any atom is 0.308 e. The van der Waals surface area contributed by atoms with E-state index in [0.717, 1.165) is 44.2 Å². The van der Waals surface area contributed by atoms with Crippen molar-refractivity contribution in [1.82, 2.24) is 4.90 Å². The SMILES string of the molecule is O=C(O)C(CN1CCOCC1)C1CCSC1. The van der Waals surface area contributed by atoms with Crippen LogP contribution in [0.15, 0.2) is 0 Å². The van der Waals surface area contributed by atoms with E-state index in [1.165, 1.54) is 0 Å². The normalized spacial score (nSPS) is 29.1. The highest BCUT2D eigenvalue weighted by molar-refractivity contribution is 7.99. The molecule has 2 heterocycles. The number of thioether (sulfide) groups is 1. The van der Waals surface area contributed by atoms with Gasteiger partial charge in [0.15, 0.2) is 0 Å². The first-order valence-electron chi connectivity index (χ1n) is 5.88. The first kappa shape index (κ1) is 12.2. The van der Waals surface area contributed by atoms with E-state index in [9.17, 15) is 9.90 Å². The summed E-state index contributed by atoms with van der Waals surface area (Å²) in [6, 6.07) is 0. The highest BCUT2D eigenvalue weighted by Gasteiger charge is 2.32. The second kappa shape index (κ2) is 5.89. The van der Waals surface area contributed by atoms with Crippen molar-refractivity contribution in [3.63, 3.8) is 0 Å². The summed E-state index contributed by atoms with van der Waals surface area (Å²) in [6.07, 6.45) is 1.06. The Balaban J connectivity index is 1.88. The Hall–Kier alpha value is -0.260. The van der Waals surface area contributed by atoms with Crippen molar-refractivity contribution in [1.29, 1.82) is 0 Å². The van der Waals surface area contributed by atoms with Gasteiger partial charge in [-0.05, 0) is 23.8 Å². The number of hydrogen-bond donors (Lipinski definition) is 1. The molecule has 4 nitrogen and oxygen atoms in total. The van der Waals surface area contributed by atoms with Crippen molar-refractivity contribution in [2.24, 2.45) is 11.8 Å². The van der Waals surface area contributed by atoms with Gasteiger partial charge in [-0.3, -0.25) is 9.69 Å². The summed E-state index contributed by atoms with van der Waals surface area (Å²) in [7, 11) is 0. The number of carboxylic acids is 1. The van der Waals surface area contributed by atoms with Gasteiger partial charge < -0.3 is 9.84 Å². The summed E-state index contributed by atoms with van der Waals surface area (Å²) in [5.41, 5.74) is 0. The minimum absolute atomic E-state index is 0.187. The van der Waals surface area contributed by atoms with Crippen LogP contribution in [0.1, 0.15) is 6.42 Å². The first-order valence-corrected chi connectivity index (χ1v) is 7.03. The van der Waals surface area contributed by atoms with E-state index in [1.54, 1.807) is 0 Å². The molecule has 0 aromatic heterocycles. The smallest absolute Gasteiger partial charge is 0.308 e. The molecular weight excluding hydrogens is 226 g/mol. The standard InChI is InChI=1S/C11H19NO3S/c13-11(14)10(9-1-6-16-8-9)7-12-2-4-15-5-3-12/h9-10H,1-8H2,(H,13,14). The molecule has 5 heteroatoms. The Bertz CT molecular complexity index is 237. The van der Waals surface area contributed by atoms with Crippen LogP contribution in [0.5, 0.6) is 0 Å². The molecule has 2 aliphatic rings. The molecule has 0 radical (unpaired) electrons. The van der Waals surface area contributed by atoms with E-state index in [4.69, 9.17) is 4.74 Å². The molecule has 16 heavy (non-hydrogen) atoms. The monoisotopic (exact) mass is 245 g/mol. The van der Waals surface area contributed by atoms with Gasteiger partial charge in [0.05, 0.1) is 19.1 Å². The van der Waals surface area contributed by atoms with E-state index < -0.39 is 5.97 Å². The van der Waals surface area contributed by atoms with Gasteiger partial charge >= 0.3 is 5.97 Å². The van der Waals surface area contributed by atoms with Crippen LogP contribution in [0.3, 0.4) is 0 Å². The van der Waals surface area contributed by atoms with Crippen LogP contribution in [0.2, 0.25) is 0 Å². The van der Waals surface area contributed by atoms with Crippen LogP contribution in [0, 0.1) is 11.8 Å². The number of ether oxygens (including phenoxy) is 1. The molecule has 92 valence electrons. The third kappa shape index (κ3) is 3.12. The van der Waals surface area contributed by atoms with Crippen molar-refractivity contribution in [3.8, 4) is 0 Å². The van der Waals surface area contributed by atoms with E-state index in [0.29, 0.717) is 12.5 Å². The van der Waals surface area contributed by atoms with Gasteiger partial charge in [0, 0.05) is 19.6 Å². The van der Waals surface area contributed by atoms with Crippen molar-refractivity contribution in [2.75, 3.05) is 44.4 Å². The summed E-state index contributed by atoms with van der Waals surface area (Å²) < 4.78 is 5.27. The second-order valence-corrected chi connectivity index (χ2v) is 5.63. The number of rotatable bonds is 4. The highest BCUT2D eigenvalue weighted by Crippen LogP contribution is 2.30. The topological polar surface area (TPSA) is 49.8 Å². The third-order valence-electron chi connectivity index (χ3n) is 3.41. The number of carboxylic acid groups (broad SMARTS) is 1. The fraction of sp³-hybridized carbons (Fsp3) is 0.909. The van der Waals surface area contributed by atoms with Gasteiger partial charge in [0.25, 0.3) is 0 Å². The molecule has 2 rings (SSSR count). The molecule has 0 spiro atoms. The van der Waals surface area contributed by atoms with Gasteiger partial charge in [-0.1, -0.05) is 0 Å². The third-order valence-corrected chi connectivity index (χ3v) is 4.60. The van der Waals surface area contributed by atoms with Crippen molar-refractivity contribution in [3.05, 3.63) is 0 Å². The van der Waals surface area contributed by atoms with Gasteiger partial charge in [0.2, 0.25) is 0 Å². The molecule has 0 aromatic carbocycles. The lowest BCUT2D eigenvalue weighted by molar-refractivity contribution is -0.144. The maximum absolute atomic E-state index is 11.3. The van der Waals surface area contributed by atoms with Gasteiger partial charge in [0.1, 0.15) is 0 Å². The van der Waals surface area contributed by atoms with E-state index >= 15 is 0 Å². The van der Waals surface area contributed by atoms with Crippen molar-refractivity contribution < 1.29 is 14.6 Å². The molecular formula is C11H19NO3S. The molecule has 2 atom stereocenters. The average Bonchev–Trinajstić information content (AvgIpc) is 2.80. The Labute approximate surface area is 100 Å². The van der Waals surface area contributed by atoms with Gasteiger partial charge in [-0.25, -0.2) is 0 Å². The minimum atomic E-state index is -0.626. The molecule has 0 amide bonds. The quantitative estimate of drug-likeness (QED) is 0.793. The van der Waals surface area contributed by atoms with Crippen LogP contribution < -0.4 is 0 Å². The van der Waals surface area contributed by atoms with Crippen LogP contribution >= 0.6 is 11.8 Å². The van der Waals surface area contributed by atoms with Crippen LogP contribution in [-0.2, 0) is 9.53 Å². The Morgan fingerprint density at radius 2 is 2.25 bits per heavy atom. The summed E-state index contributed by atoms with van der Waals surface area (Å²) in [5, 5.41) is 9.30. The molecule has 2 unspecified atom stereocenters. The Kier molecular flexibility index (Phi) is 4.49. The number of hydrogen-bond acceptors (Lipinski definition) is 4. The van der Waals surface area contributed by atoms with E-state index in [1.807, 2.05) is 11.8 Å². The van der Waals surface area contributed by atoms with Crippen LogP contribution in [-0.4, -0.2) is 60.3 Å². The molecule has 2 fully saturated rings. The lowest BCUT2D eigenvalue weighted by atomic mass is 9.91. The Morgan fingerprint density at radius 3 is 2.81 bits per heavy atom. The number of carbonyl (C=O) groups is 1. The average molecular weight is 245 g/mol. The predicted octanol–water partition coefficient (Wildman–Crippen LogP) is 0.772. The lowest BCUT2D eigenvalue weighted by Gasteiger charge is -2.30. The molecule has 0 aromatic rings. The summed E-state index contributed by atoms with van der Waals surface area (Å²) >= 11 is 1.88.